The Kier molecular flexibility index (Phi) is 4.39. The molecular formula is C20H20N4O2. The van der Waals surface area contributed by atoms with Gasteiger partial charge in [0, 0.05) is 24.9 Å². The number of anilines is 1. The smallest absolute Gasteiger partial charge is 0.229 e. The standard InChI is InChI=1S/C20H20N4O2/c25-18-12-15(20(26)21-11-10-14-6-2-1-3-7-14)13-24(18)19-16-8-4-5-9-17(16)22-23-19/h1-9,15H,10-13H2,(H,21,26)(H,22,23). The molecule has 1 fully saturated rings. The minimum absolute atomic E-state index is 0.0644. The highest BCUT2D eigenvalue weighted by Gasteiger charge is 2.36. The van der Waals surface area contributed by atoms with Crippen molar-refractivity contribution < 1.29 is 9.59 Å². The number of nitrogens with zero attached hydrogens (tertiary/aromatic N) is 2. The molecule has 6 heteroatoms. The Bertz CT molecular complexity index is 935. The summed E-state index contributed by atoms with van der Waals surface area (Å²) in [6.07, 6.45) is 0.999. The van der Waals surface area contributed by atoms with Gasteiger partial charge in [0.15, 0.2) is 5.82 Å². The van der Waals surface area contributed by atoms with Crippen molar-refractivity contribution in [2.24, 2.45) is 5.92 Å². The number of hydrogen-bond donors (Lipinski definition) is 2. The molecule has 0 radical (unpaired) electrons. The van der Waals surface area contributed by atoms with Crippen molar-refractivity contribution in [2.75, 3.05) is 18.0 Å². The van der Waals surface area contributed by atoms with E-state index in [-0.39, 0.29) is 24.2 Å². The average molecular weight is 348 g/mol. The second kappa shape index (κ2) is 7.00. The summed E-state index contributed by atoms with van der Waals surface area (Å²) >= 11 is 0. The van der Waals surface area contributed by atoms with Crippen molar-refractivity contribution in [1.29, 1.82) is 0 Å². The van der Waals surface area contributed by atoms with Gasteiger partial charge in [0.05, 0.1) is 11.4 Å². The second-order valence-corrected chi connectivity index (χ2v) is 6.52. The van der Waals surface area contributed by atoms with Gasteiger partial charge in [-0.15, -0.1) is 0 Å². The van der Waals surface area contributed by atoms with Gasteiger partial charge in [-0.2, -0.15) is 5.10 Å². The number of benzene rings is 2. The summed E-state index contributed by atoms with van der Waals surface area (Å²) in [5.41, 5.74) is 2.06. The van der Waals surface area contributed by atoms with Crippen LogP contribution in [0.2, 0.25) is 0 Å². The predicted molar refractivity (Wildman–Crippen MR) is 99.7 cm³/mol. The lowest BCUT2D eigenvalue weighted by Crippen LogP contribution is -2.34. The lowest BCUT2D eigenvalue weighted by molar-refractivity contribution is -0.126. The van der Waals surface area contributed by atoms with Gasteiger partial charge in [0.2, 0.25) is 11.8 Å². The van der Waals surface area contributed by atoms with Gasteiger partial charge in [0.25, 0.3) is 0 Å². The van der Waals surface area contributed by atoms with Crippen molar-refractivity contribution in [3.63, 3.8) is 0 Å². The van der Waals surface area contributed by atoms with Crippen molar-refractivity contribution in [3.05, 3.63) is 60.2 Å². The minimum Gasteiger partial charge on any atom is -0.355 e. The van der Waals surface area contributed by atoms with Crippen LogP contribution in [0.15, 0.2) is 54.6 Å². The third-order valence-corrected chi connectivity index (χ3v) is 4.76. The van der Waals surface area contributed by atoms with Crippen molar-refractivity contribution >= 4 is 28.5 Å². The highest BCUT2D eigenvalue weighted by molar-refractivity contribution is 6.05. The predicted octanol–water partition coefficient (Wildman–Crippen LogP) is 2.27. The Balaban J connectivity index is 1.39. The van der Waals surface area contributed by atoms with E-state index >= 15 is 0 Å². The Morgan fingerprint density at radius 1 is 1.15 bits per heavy atom. The van der Waals surface area contributed by atoms with E-state index in [1.165, 1.54) is 5.56 Å². The van der Waals surface area contributed by atoms with E-state index in [9.17, 15) is 9.59 Å². The van der Waals surface area contributed by atoms with E-state index in [1.807, 2.05) is 54.6 Å². The van der Waals surface area contributed by atoms with Crippen molar-refractivity contribution in [2.45, 2.75) is 12.8 Å². The molecule has 26 heavy (non-hydrogen) atoms. The Labute approximate surface area is 151 Å². The zero-order valence-electron chi connectivity index (χ0n) is 14.3. The van der Waals surface area contributed by atoms with E-state index in [2.05, 4.69) is 15.5 Å². The number of aromatic amines is 1. The summed E-state index contributed by atoms with van der Waals surface area (Å²) in [5.74, 6) is 0.126. The van der Waals surface area contributed by atoms with Gasteiger partial charge in [0.1, 0.15) is 0 Å². The van der Waals surface area contributed by atoms with Gasteiger partial charge in [-0.25, -0.2) is 0 Å². The molecule has 2 amide bonds. The van der Waals surface area contributed by atoms with Crippen LogP contribution in [-0.4, -0.2) is 35.1 Å². The molecule has 1 aromatic heterocycles. The first kappa shape index (κ1) is 16.3. The first-order chi connectivity index (χ1) is 12.7. The van der Waals surface area contributed by atoms with Gasteiger partial charge >= 0.3 is 0 Å². The number of amides is 2. The third-order valence-electron chi connectivity index (χ3n) is 4.76. The summed E-state index contributed by atoms with van der Waals surface area (Å²) in [5, 5.41) is 11.1. The molecule has 1 saturated heterocycles. The SMILES string of the molecule is O=C(NCCc1ccccc1)C1CC(=O)N(c2n[nH]c3ccccc23)C1. The maximum atomic E-state index is 12.4. The molecule has 0 saturated carbocycles. The summed E-state index contributed by atoms with van der Waals surface area (Å²) in [6.45, 7) is 0.934. The van der Waals surface area contributed by atoms with Crippen LogP contribution >= 0.6 is 0 Å². The highest BCUT2D eigenvalue weighted by Crippen LogP contribution is 2.29. The van der Waals surface area contributed by atoms with Crippen LogP contribution in [0.4, 0.5) is 5.82 Å². The van der Waals surface area contributed by atoms with E-state index in [0.717, 1.165) is 17.3 Å². The largest absolute Gasteiger partial charge is 0.355 e. The van der Waals surface area contributed by atoms with Crippen LogP contribution < -0.4 is 10.2 Å². The van der Waals surface area contributed by atoms with Crippen molar-refractivity contribution in [3.8, 4) is 0 Å². The molecule has 1 unspecified atom stereocenters. The fourth-order valence-corrected chi connectivity index (χ4v) is 3.36. The summed E-state index contributed by atoms with van der Waals surface area (Å²) in [7, 11) is 0. The van der Waals surface area contributed by atoms with E-state index < -0.39 is 0 Å². The Morgan fingerprint density at radius 2 is 1.92 bits per heavy atom. The molecule has 1 aliphatic rings. The molecule has 0 spiro atoms. The third kappa shape index (κ3) is 3.18. The summed E-state index contributed by atoms with van der Waals surface area (Å²) in [4.78, 5) is 26.5. The van der Waals surface area contributed by atoms with Crippen LogP contribution in [0, 0.1) is 5.92 Å². The highest BCUT2D eigenvalue weighted by atomic mass is 16.2. The van der Waals surface area contributed by atoms with E-state index in [4.69, 9.17) is 0 Å². The number of hydrogen-bond acceptors (Lipinski definition) is 3. The van der Waals surface area contributed by atoms with Crippen LogP contribution in [0.3, 0.4) is 0 Å². The Morgan fingerprint density at radius 3 is 2.77 bits per heavy atom. The maximum Gasteiger partial charge on any atom is 0.229 e. The van der Waals surface area contributed by atoms with Gasteiger partial charge in [-0.3, -0.25) is 19.6 Å². The summed E-state index contributed by atoms with van der Waals surface area (Å²) in [6, 6.07) is 17.7. The lowest BCUT2D eigenvalue weighted by atomic mass is 10.1. The molecule has 3 aromatic rings. The molecule has 2 heterocycles. The Hall–Kier alpha value is -3.15. The number of aromatic nitrogens is 2. The molecule has 2 N–H and O–H groups in total. The van der Waals surface area contributed by atoms with Crippen LogP contribution in [-0.2, 0) is 16.0 Å². The molecule has 1 atom stereocenters. The second-order valence-electron chi connectivity index (χ2n) is 6.52. The first-order valence-electron chi connectivity index (χ1n) is 8.77. The van der Waals surface area contributed by atoms with Crippen molar-refractivity contribution in [1.82, 2.24) is 15.5 Å². The quantitative estimate of drug-likeness (QED) is 0.742. The first-order valence-corrected chi connectivity index (χ1v) is 8.77. The molecule has 132 valence electrons. The number of rotatable bonds is 5. The van der Waals surface area contributed by atoms with Gasteiger partial charge < -0.3 is 5.32 Å². The van der Waals surface area contributed by atoms with E-state index in [0.29, 0.717) is 18.9 Å². The maximum absolute atomic E-state index is 12.4. The molecular weight excluding hydrogens is 328 g/mol. The van der Waals surface area contributed by atoms with Gasteiger partial charge in [-0.05, 0) is 24.1 Å². The number of fused-ring (bicyclic) bond motifs is 1. The molecule has 0 aliphatic carbocycles. The number of nitrogens with one attached hydrogen (secondary N) is 2. The number of carbonyl (C=O) groups is 2. The fourth-order valence-electron chi connectivity index (χ4n) is 3.36. The molecule has 2 aromatic carbocycles. The fraction of sp³-hybridized carbons (Fsp3) is 0.250. The monoisotopic (exact) mass is 348 g/mol. The molecule has 6 nitrogen and oxygen atoms in total. The zero-order chi connectivity index (χ0) is 17.9. The normalized spacial score (nSPS) is 17.0. The summed E-state index contributed by atoms with van der Waals surface area (Å²) < 4.78 is 0. The van der Waals surface area contributed by atoms with Gasteiger partial charge in [-0.1, -0.05) is 42.5 Å². The van der Waals surface area contributed by atoms with Crippen LogP contribution in [0.5, 0.6) is 0 Å². The van der Waals surface area contributed by atoms with E-state index in [1.54, 1.807) is 4.90 Å². The number of H-pyrrole nitrogens is 1. The topological polar surface area (TPSA) is 78.1 Å². The molecule has 4 rings (SSSR count). The lowest BCUT2D eigenvalue weighted by Gasteiger charge is -2.14. The van der Waals surface area contributed by atoms with Crippen LogP contribution in [0.1, 0.15) is 12.0 Å². The minimum atomic E-state index is -0.339. The molecule has 1 aliphatic heterocycles. The zero-order valence-corrected chi connectivity index (χ0v) is 14.3. The number of para-hydroxylation sites is 1. The average Bonchev–Trinajstić information content (AvgIpc) is 3.26. The number of carbonyl (C=O) groups excluding carboxylic acids is 2. The van der Waals surface area contributed by atoms with Crippen LogP contribution in [0.25, 0.3) is 10.9 Å². The molecule has 0 bridgehead atoms.